The number of rotatable bonds is 4. The zero-order valence-corrected chi connectivity index (χ0v) is 21.6. The molecular weight excluding hydrogens is 454 g/mol. The molecule has 0 unspecified atom stereocenters. The van der Waals surface area contributed by atoms with Crippen LogP contribution in [0.25, 0.3) is 22.4 Å². The summed E-state index contributed by atoms with van der Waals surface area (Å²) in [7, 11) is 3.64. The fourth-order valence-electron chi connectivity index (χ4n) is 4.78. The number of carbonyl (C=O) groups excluding carboxylic acids is 1. The molecule has 1 amide bonds. The molecule has 9 heteroatoms. The number of imidazole rings is 2. The number of fused-ring (bicyclic) bond motifs is 1. The second-order valence-corrected chi connectivity index (χ2v) is 10.8. The number of carbonyl (C=O) groups is 1. The zero-order chi connectivity index (χ0) is 25.6. The molecule has 3 aromatic heterocycles. The van der Waals surface area contributed by atoms with Gasteiger partial charge in [-0.15, -0.1) is 0 Å². The van der Waals surface area contributed by atoms with Gasteiger partial charge in [0.2, 0.25) is 0 Å². The normalized spacial score (nSPS) is 14.6. The number of hydrogen-bond donors (Lipinski definition) is 0. The standard InChI is InChI=1S/C27H33N7O2/c1-27(2,3)17-34-23-10-9-21(29-24(23)31(5)26(34)36)19-7-6-8-20(15-19)32-11-13-33(14-12-32)25(35)22-16-30(4)18-28-22/h6-10,15-16,18H,11-14,17H2,1-5H3. The van der Waals surface area contributed by atoms with Crippen LogP contribution in [0.15, 0.2) is 53.7 Å². The molecule has 9 nitrogen and oxygen atoms in total. The van der Waals surface area contributed by atoms with E-state index in [1.54, 1.807) is 28.7 Å². The number of hydrogen-bond acceptors (Lipinski definition) is 5. The molecular formula is C27H33N7O2. The largest absolute Gasteiger partial charge is 0.368 e. The Labute approximate surface area is 210 Å². The van der Waals surface area contributed by atoms with Crippen LogP contribution in [0.5, 0.6) is 0 Å². The molecule has 1 aromatic carbocycles. The lowest BCUT2D eigenvalue weighted by atomic mass is 9.97. The van der Waals surface area contributed by atoms with Gasteiger partial charge in [0, 0.05) is 64.3 Å². The van der Waals surface area contributed by atoms with Crippen LogP contribution in [0.4, 0.5) is 5.69 Å². The van der Waals surface area contributed by atoms with E-state index in [0.717, 1.165) is 35.6 Å². The number of nitrogens with zero attached hydrogens (tertiary/aromatic N) is 7. The Morgan fingerprint density at radius 2 is 1.78 bits per heavy atom. The van der Waals surface area contributed by atoms with Gasteiger partial charge < -0.3 is 14.4 Å². The number of benzene rings is 1. The second kappa shape index (κ2) is 8.96. The molecule has 0 atom stereocenters. The molecule has 1 aliphatic rings. The van der Waals surface area contributed by atoms with E-state index in [4.69, 9.17) is 4.98 Å². The van der Waals surface area contributed by atoms with Crippen molar-refractivity contribution in [3.8, 4) is 11.3 Å². The van der Waals surface area contributed by atoms with E-state index in [1.807, 2.05) is 40.8 Å². The van der Waals surface area contributed by atoms with Crippen molar-refractivity contribution in [2.75, 3.05) is 31.1 Å². The summed E-state index contributed by atoms with van der Waals surface area (Å²) < 4.78 is 5.23. The first-order valence-electron chi connectivity index (χ1n) is 12.3. The van der Waals surface area contributed by atoms with Crippen molar-refractivity contribution in [1.82, 2.24) is 28.6 Å². The summed E-state index contributed by atoms with van der Waals surface area (Å²) in [6, 6.07) is 12.3. The van der Waals surface area contributed by atoms with Gasteiger partial charge in [-0.3, -0.25) is 13.9 Å². The van der Waals surface area contributed by atoms with Crippen LogP contribution in [-0.2, 0) is 20.6 Å². The third-order valence-corrected chi connectivity index (χ3v) is 6.61. The van der Waals surface area contributed by atoms with Crippen molar-refractivity contribution in [2.45, 2.75) is 27.3 Å². The topological polar surface area (TPSA) is 81.2 Å². The van der Waals surface area contributed by atoms with Crippen molar-refractivity contribution in [1.29, 1.82) is 0 Å². The molecule has 4 heterocycles. The molecule has 0 spiro atoms. The van der Waals surface area contributed by atoms with Crippen LogP contribution in [0.3, 0.4) is 0 Å². The minimum atomic E-state index is -0.0450. The van der Waals surface area contributed by atoms with Gasteiger partial charge in [-0.05, 0) is 29.7 Å². The Kier molecular flexibility index (Phi) is 5.94. The first kappa shape index (κ1) is 23.8. The summed E-state index contributed by atoms with van der Waals surface area (Å²) in [5.74, 6) is -0.0227. The van der Waals surface area contributed by atoms with Crippen LogP contribution < -0.4 is 10.6 Å². The SMILES string of the molecule is Cn1cnc(C(=O)N2CCN(c3cccc(-c4ccc5c(n4)n(C)c(=O)n5CC(C)(C)C)c3)CC2)c1. The molecule has 0 aliphatic carbocycles. The Morgan fingerprint density at radius 1 is 1.03 bits per heavy atom. The van der Waals surface area contributed by atoms with E-state index in [2.05, 4.69) is 42.8 Å². The lowest BCUT2D eigenvalue weighted by molar-refractivity contribution is 0.0741. The molecule has 4 aromatic rings. The predicted molar refractivity (Wildman–Crippen MR) is 141 cm³/mol. The number of pyridine rings is 1. The lowest BCUT2D eigenvalue weighted by Crippen LogP contribution is -2.48. The highest BCUT2D eigenvalue weighted by Gasteiger charge is 2.24. The minimum Gasteiger partial charge on any atom is -0.368 e. The monoisotopic (exact) mass is 487 g/mol. The smallest absolute Gasteiger partial charge is 0.330 e. The lowest BCUT2D eigenvalue weighted by Gasteiger charge is -2.36. The maximum Gasteiger partial charge on any atom is 0.330 e. The quantitative estimate of drug-likeness (QED) is 0.442. The Bertz CT molecular complexity index is 1480. The molecule has 1 aliphatic heterocycles. The molecule has 0 saturated carbocycles. The van der Waals surface area contributed by atoms with Crippen LogP contribution >= 0.6 is 0 Å². The molecule has 0 radical (unpaired) electrons. The highest BCUT2D eigenvalue weighted by atomic mass is 16.2. The first-order valence-corrected chi connectivity index (χ1v) is 12.3. The van der Waals surface area contributed by atoms with Gasteiger partial charge >= 0.3 is 5.69 Å². The van der Waals surface area contributed by atoms with Gasteiger partial charge in [-0.1, -0.05) is 32.9 Å². The maximum atomic E-state index is 12.9. The third kappa shape index (κ3) is 4.53. The third-order valence-electron chi connectivity index (χ3n) is 6.61. The van der Waals surface area contributed by atoms with E-state index in [9.17, 15) is 9.59 Å². The van der Waals surface area contributed by atoms with E-state index in [1.165, 1.54) is 0 Å². The van der Waals surface area contributed by atoms with Crippen LogP contribution in [-0.4, -0.2) is 60.7 Å². The Hall–Kier alpha value is -3.88. The number of aryl methyl sites for hydroxylation is 2. The van der Waals surface area contributed by atoms with E-state index in [-0.39, 0.29) is 17.0 Å². The molecule has 1 fully saturated rings. The van der Waals surface area contributed by atoms with Gasteiger partial charge in [0.1, 0.15) is 5.69 Å². The Morgan fingerprint density at radius 3 is 2.44 bits per heavy atom. The molecule has 188 valence electrons. The molecule has 1 saturated heterocycles. The average molecular weight is 488 g/mol. The summed E-state index contributed by atoms with van der Waals surface area (Å²) in [5.41, 5.74) is 4.89. The Balaban J connectivity index is 1.36. The van der Waals surface area contributed by atoms with E-state index < -0.39 is 0 Å². The van der Waals surface area contributed by atoms with Gasteiger partial charge in [-0.25, -0.2) is 14.8 Å². The number of anilines is 1. The van der Waals surface area contributed by atoms with Gasteiger partial charge in [0.05, 0.1) is 17.5 Å². The highest BCUT2D eigenvalue weighted by molar-refractivity contribution is 5.92. The van der Waals surface area contributed by atoms with Crippen LogP contribution in [0.1, 0.15) is 31.3 Å². The summed E-state index contributed by atoms with van der Waals surface area (Å²) in [5, 5.41) is 0. The summed E-state index contributed by atoms with van der Waals surface area (Å²) in [6.45, 7) is 9.80. The number of aromatic nitrogens is 5. The molecule has 36 heavy (non-hydrogen) atoms. The number of piperazine rings is 1. The molecule has 5 rings (SSSR count). The predicted octanol–water partition coefficient (Wildman–Crippen LogP) is 3.14. The second-order valence-electron chi connectivity index (χ2n) is 10.8. The summed E-state index contributed by atoms with van der Waals surface area (Å²) >= 11 is 0. The van der Waals surface area contributed by atoms with Gasteiger partial charge in [0.25, 0.3) is 5.91 Å². The van der Waals surface area contributed by atoms with Crippen molar-refractivity contribution >= 4 is 22.8 Å². The van der Waals surface area contributed by atoms with E-state index >= 15 is 0 Å². The molecule has 0 bridgehead atoms. The minimum absolute atomic E-state index is 0.0165. The fourth-order valence-corrected chi connectivity index (χ4v) is 4.78. The number of amides is 1. The highest BCUT2D eigenvalue weighted by Crippen LogP contribution is 2.27. The maximum absolute atomic E-state index is 12.9. The van der Waals surface area contributed by atoms with Crippen LogP contribution in [0.2, 0.25) is 0 Å². The van der Waals surface area contributed by atoms with E-state index in [0.29, 0.717) is 31.0 Å². The van der Waals surface area contributed by atoms with Gasteiger partial charge in [-0.2, -0.15) is 0 Å². The van der Waals surface area contributed by atoms with Gasteiger partial charge in [0.15, 0.2) is 5.65 Å². The van der Waals surface area contributed by atoms with Crippen molar-refractivity contribution in [3.05, 3.63) is 65.1 Å². The van der Waals surface area contributed by atoms with Crippen LogP contribution in [0, 0.1) is 5.41 Å². The summed E-state index contributed by atoms with van der Waals surface area (Å²) in [6.07, 6.45) is 3.41. The van der Waals surface area contributed by atoms with Crippen molar-refractivity contribution in [3.63, 3.8) is 0 Å². The average Bonchev–Trinajstić information content (AvgIpc) is 3.40. The fraction of sp³-hybridized carbons (Fsp3) is 0.407. The first-order chi connectivity index (χ1) is 17.1. The van der Waals surface area contributed by atoms with Crippen molar-refractivity contribution < 1.29 is 4.79 Å². The molecule has 0 N–H and O–H groups in total. The summed E-state index contributed by atoms with van der Waals surface area (Å²) in [4.78, 5) is 38.8. The van der Waals surface area contributed by atoms with Crippen molar-refractivity contribution in [2.24, 2.45) is 19.5 Å². The zero-order valence-electron chi connectivity index (χ0n) is 21.6.